The summed E-state index contributed by atoms with van der Waals surface area (Å²) in [7, 11) is 0. The van der Waals surface area contributed by atoms with Crippen molar-refractivity contribution in [3.63, 3.8) is 0 Å². The largest absolute Gasteiger partial charge is 0.452 e. The number of fused-ring (bicyclic) bond motifs is 2. The summed E-state index contributed by atoms with van der Waals surface area (Å²) in [6, 6.07) is 11.6. The molecule has 1 saturated heterocycles. The Balaban J connectivity index is 1.69. The number of nitrogens with one attached hydrogen (secondary N) is 1. The smallest absolute Gasteiger partial charge is 0.193 e. The molecule has 6 nitrogen and oxygen atoms in total. The predicted octanol–water partition coefficient (Wildman–Crippen LogP) is 3.38. The van der Waals surface area contributed by atoms with Crippen LogP contribution >= 0.6 is 0 Å². The first-order chi connectivity index (χ1) is 14.1. The molecule has 29 heavy (non-hydrogen) atoms. The molecule has 3 aliphatic rings. The van der Waals surface area contributed by atoms with Crippen LogP contribution in [0, 0.1) is 13.8 Å². The first-order valence-corrected chi connectivity index (χ1v) is 9.88. The second-order valence-electron chi connectivity index (χ2n) is 7.46. The maximum Gasteiger partial charge on any atom is 0.193 e. The van der Waals surface area contributed by atoms with Crippen LogP contribution in [0.15, 0.2) is 51.8 Å². The van der Waals surface area contributed by atoms with Crippen molar-refractivity contribution in [2.45, 2.75) is 13.8 Å². The van der Waals surface area contributed by atoms with Crippen LogP contribution in [-0.4, -0.2) is 36.1 Å². The topological polar surface area (TPSA) is 71.3 Å². The third kappa shape index (κ3) is 2.96. The molecular weight excluding hydrogens is 364 g/mol. The lowest BCUT2D eigenvalue weighted by Crippen LogP contribution is -2.43. The lowest BCUT2D eigenvalue weighted by Gasteiger charge is -2.28. The van der Waals surface area contributed by atoms with Crippen molar-refractivity contribution in [3.05, 3.63) is 63.9 Å². The normalized spacial score (nSPS) is 14.6. The van der Waals surface area contributed by atoms with E-state index in [-0.39, 0.29) is 5.43 Å². The quantitative estimate of drug-likeness (QED) is 0.533. The minimum Gasteiger partial charge on any atom is -0.452 e. The Morgan fingerprint density at radius 1 is 1.03 bits per heavy atom. The van der Waals surface area contributed by atoms with Gasteiger partial charge in [-0.15, -0.1) is 0 Å². The molecule has 6 heteroatoms. The predicted molar refractivity (Wildman–Crippen MR) is 115 cm³/mol. The van der Waals surface area contributed by atoms with Crippen LogP contribution in [0.3, 0.4) is 0 Å². The van der Waals surface area contributed by atoms with E-state index >= 15 is 0 Å². The molecular formula is C23H22N4O2. The zero-order chi connectivity index (χ0) is 20.0. The van der Waals surface area contributed by atoms with Gasteiger partial charge in [-0.3, -0.25) is 4.79 Å². The maximum absolute atomic E-state index is 13.2. The van der Waals surface area contributed by atoms with Crippen molar-refractivity contribution in [2.24, 2.45) is 0 Å². The highest BCUT2D eigenvalue weighted by Crippen LogP contribution is 2.35. The molecule has 0 amide bonds. The summed E-state index contributed by atoms with van der Waals surface area (Å²) < 4.78 is 6.19. The summed E-state index contributed by atoms with van der Waals surface area (Å²) in [6.45, 7) is 7.53. The molecule has 1 fully saturated rings. The van der Waals surface area contributed by atoms with Crippen LogP contribution in [0.5, 0.6) is 0 Å². The van der Waals surface area contributed by atoms with Gasteiger partial charge in [-0.25, -0.2) is 9.97 Å². The van der Waals surface area contributed by atoms with E-state index in [2.05, 4.69) is 15.2 Å². The minimum absolute atomic E-state index is 0.0347. The van der Waals surface area contributed by atoms with Gasteiger partial charge in [0.15, 0.2) is 16.8 Å². The Kier molecular flexibility index (Phi) is 4.28. The number of hydrogen-bond acceptors (Lipinski definition) is 6. The monoisotopic (exact) mass is 386 g/mol. The van der Waals surface area contributed by atoms with Crippen LogP contribution < -0.4 is 15.6 Å². The summed E-state index contributed by atoms with van der Waals surface area (Å²) in [6.07, 6.45) is 1.77. The molecule has 1 aliphatic carbocycles. The number of para-hydroxylation sites is 2. The third-order valence-corrected chi connectivity index (χ3v) is 5.71. The average Bonchev–Trinajstić information content (AvgIpc) is 2.78. The Bertz CT molecular complexity index is 1220. The Morgan fingerprint density at radius 2 is 1.83 bits per heavy atom. The molecule has 3 heterocycles. The molecule has 2 aliphatic heterocycles. The van der Waals surface area contributed by atoms with E-state index in [4.69, 9.17) is 9.40 Å². The maximum atomic E-state index is 13.2. The van der Waals surface area contributed by atoms with Gasteiger partial charge >= 0.3 is 0 Å². The molecule has 0 unspecified atom stereocenters. The van der Waals surface area contributed by atoms with Crippen molar-refractivity contribution in [2.75, 3.05) is 31.1 Å². The van der Waals surface area contributed by atoms with Gasteiger partial charge in [0.25, 0.3) is 0 Å². The molecule has 1 N–H and O–H groups in total. The van der Waals surface area contributed by atoms with Gasteiger partial charge in [0.05, 0.1) is 5.56 Å². The van der Waals surface area contributed by atoms with E-state index < -0.39 is 0 Å². The molecule has 2 aromatic rings. The zero-order valence-corrected chi connectivity index (χ0v) is 16.5. The van der Waals surface area contributed by atoms with E-state index in [1.165, 1.54) is 0 Å². The molecule has 5 rings (SSSR count). The number of aromatic nitrogens is 2. The van der Waals surface area contributed by atoms with E-state index in [1.54, 1.807) is 6.20 Å². The summed E-state index contributed by atoms with van der Waals surface area (Å²) in [5.41, 5.74) is 4.96. The summed E-state index contributed by atoms with van der Waals surface area (Å²) in [5.74, 6) is 1.45. The summed E-state index contributed by atoms with van der Waals surface area (Å²) in [5, 5.41) is 3.35. The van der Waals surface area contributed by atoms with E-state index in [9.17, 15) is 4.79 Å². The molecule has 1 aromatic carbocycles. The van der Waals surface area contributed by atoms with Gasteiger partial charge in [0.2, 0.25) is 0 Å². The van der Waals surface area contributed by atoms with E-state index in [0.717, 1.165) is 54.3 Å². The molecule has 0 atom stereocenters. The van der Waals surface area contributed by atoms with Crippen molar-refractivity contribution < 1.29 is 4.42 Å². The van der Waals surface area contributed by atoms with Crippen LogP contribution in [0.25, 0.3) is 33.7 Å². The zero-order valence-electron chi connectivity index (χ0n) is 16.5. The number of rotatable bonds is 2. The Morgan fingerprint density at radius 3 is 2.59 bits per heavy atom. The first-order valence-electron chi connectivity index (χ1n) is 9.88. The van der Waals surface area contributed by atoms with Crippen molar-refractivity contribution in [1.29, 1.82) is 0 Å². The molecule has 0 saturated carbocycles. The van der Waals surface area contributed by atoms with Crippen LogP contribution in [0.2, 0.25) is 0 Å². The van der Waals surface area contributed by atoms with Crippen molar-refractivity contribution >= 4 is 16.9 Å². The van der Waals surface area contributed by atoms with Gasteiger partial charge in [0, 0.05) is 43.5 Å². The van der Waals surface area contributed by atoms with Crippen LogP contribution in [-0.2, 0) is 0 Å². The van der Waals surface area contributed by atoms with Gasteiger partial charge in [0.1, 0.15) is 17.0 Å². The molecule has 1 aromatic heterocycles. The van der Waals surface area contributed by atoms with Crippen molar-refractivity contribution in [1.82, 2.24) is 15.3 Å². The highest BCUT2D eigenvalue weighted by molar-refractivity contribution is 5.86. The van der Waals surface area contributed by atoms with Gasteiger partial charge < -0.3 is 14.6 Å². The number of nitrogens with zero attached hydrogens (tertiary/aromatic N) is 3. The van der Waals surface area contributed by atoms with Crippen LogP contribution in [0.4, 0.5) is 5.82 Å². The average molecular weight is 386 g/mol. The molecule has 0 radical (unpaired) electrons. The highest BCUT2D eigenvalue weighted by Gasteiger charge is 2.24. The lowest BCUT2D eigenvalue weighted by atomic mass is 9.94. The minimum atomic E-state index is -0.0347. The number of anilines is 1. The Labute approximate surface area is 168 Å². The number of benzene rings is 2. The summed E-state index contributed by atoms with van der Waals surface area (Å²) >= 11 is 0. The van der Waals surface area contributed by atoms with E-state index in [1.807, 2.05) is 50.2 Å². The number of pyridine rings is 1. The second-order valence-corrected chi connectivity index (χ2v) is 7.46. The van der Waals surface area contributed by atoms with Gasteiger partial charge in [-0.05, 0) is 43.7 Å². The SMILES string of the molecule is Cc1c2nc3ccccc3oc-2c(-c2ccc(N3CCNCC3)nc2)c(=O)c1C. The standard InChI is InChI=1S/C23H22N4O2/c1-14-15(2)22(28)20(23-21(14)26-17-5-3-4-6-18(17)29-23)16-7-8-19(25-13-16)27-11-9-24-10-12-27/h3-8,13,24H,9-12H2,1-2H3. The van der Waals surface area contributed by atoms with Crippen molar-refractivity contribution in [3.8, 4) is 22.6 Å². The molecule has 0 spiro atoms. The second kappa shape index (κ2) is 6.97. The number of piperazine rings is 1. The lowest BCUT2D eigenvalue weighted by molar-refractivity contribution is 0.585. The first kappa shape index (κ1) is 17.8. The number of hydrogen-bond donors (Lipinski definition) is 1. The van der Waals surface area contributed by atoms with Gasteiger partial charge in [-0.1, -0.05) is 12.1 Å². The van der Waals surface area contributed by atoms with E-state index in [0.29, 0.717) is 22.5 Å². The Hall–Kier alpha value is -3.25. The fourth-order valence-corrected chi connectivity index (χ4v) is 3.90. The molecule has 146 valence electrons. The van der Waals surface area contributed by atoms with Gasteiger partial charge in [-0.2, -0.15) is 0 Å². The third-order valence-electron chi connectivity index (χ3n) is 5.71. The van der Waals surface area contributed by atoms with Crippen LogP contribution in [0.1, 0.15) is 11.1 Å². The molecule has 0 bridgehead atoms. The summed E-state index contributed by atoms with van der Waals surface area (Å²) in [4.78, 5) is 24.9. The fraction of sp³-hybridized carbons (Fsp3) is 0.261. The fourth-order valence-electron chi connectivity index (χ4n) is 3.90. The highest BCUT2D eigenvalue weighted by atomic mass is 16.3.